The van der Waals surface area contributed by atoms with Gasteiger partial charge in [0.1, 0.15) is 0 Å². The van der Waals surface area contributed by atoms with Gasteiger partial charge in [-0.1, -0.05) is 36.1 Å². The summed E-state index contributed by atoms with van der Waals surface area (Å²) in [5.74, 6) is 6.05. The molecule has 1 saturated heterocycles. The Morgan fingerprint density at radius 2 is 2.14 bits per heavy atom. The van der Waals surface area contributed by atoms with Gasteiger partial charge in [-0.2, -0.15) is 0 Å². The van der Waals surface area contributed by atoms with Crippen molar-refractivity contribution in [2.24, 2.45) is 0 Å². The van der Waals surface area contributed by atoms with Crippen LogP contribution in [0.2, 0.25) is 0 Å². The van der Waals surface area contributed by atoms with E-state index in [0.717, 1.165) is 24.9 Å². The van der Waals surface area contributed by atoms with E-state index in [1.807, 2.05) is 41.3 Å². The minimum atomic E-state index is -0.0155. The summed E-state index contributed by atoms with van der Waals surface area (Å²) in [6, 6.07) is 14.2. The van der Waals surface area contributed by atoms with E-state index >= 15 is 0 Å². The first-order chi connectivity index (χ1) is 10.8. The van der Waals surface area contributed by atoms with Crippen LogP contribution in [0.3, 0.4) is 0 Å². The summed E-state index contributed by atoms with van der Waals surface area (Å²) in [6.45, 7) is 1.20. The summed E-state index contributed by atoms with van der Waals surface area (Å²) in [4.78, 5) is 15.5. The number of rotatable bonds is 2. The minimum Gasteiger partial charge on any atom is -0.327 e. The van der Waals surface area contributed by atoms with Crippen LogP contribution in [0.25, 0.3) is 0 Å². The van der Waals surface area contributed by atoms with Gasteiger partial charge in [-0.25, -0.2) is 4.79 Å². The van der Waals surface area contributed by atoms with Crippen molar-refractivity contribution in [2.75, 3.05) is 13.1 Å². The quantitative estimate of drug-likeness (QED) is 0.844. The maximum atomic E-state index is 12.3. The van der Waals surface area contributed by atoms with Crippen molar-refractivity contribution in [2.45, 2.75) is 18.9 Å². The van der Waals surface area contributed by atoms with E-state index in [-0.39, 0.29) is 12.1 Å². The summed E-state index contributed by atoms with van der Waals surface area (Å²) in [6.07, 6.45) is 2.11. The third-order valence-electron chi connectivity index (χ3n) is 3.72. The van der Waals surface area contributed by atoms with Crippen LogP contribution < -0.4 is 5.32 Å². The zero-order chi connectivity index (χ0) is 15.2. The van der Waals surface area contributed by atoms with E-state index in [1.54, 1.807) is 11.3 Å². The van der Waals surface area contributed by atoms with Gasteiger partial charge in [-0.05, 0) is 36.4 Å². The molecule has 1 N–H and O–H groups in total. The van der Waals surface area contributed by atoms with Gasteiger partial charge in [0, 0.05) is 17.0 Å². The van der Waals surface area contributed by atoms with E-state index in [4.69, 9.17) is 0 Å². The minimum absolute atomic E-state index is 0.0155. The van der Waals surface area contributed by atoms with Gasteiger partial charge in [0.05, 0.1) is 12.6 Å². The van der Waals surface area contributed by atoms with Crippen molar-refractivity contribution < 1.29 is 4.79 Å². The number of nitrogens with zero attached hydrogens (tertiary/aromatic N) is 1. The molecule has 1 aromatic carbocycles. The molecule has 0 bridgehead atoms. The normalized spacial score (nSPS) is 16.9. The first-order valence-electron chi connectivity index (χ1n) is 7.46. The van der Waals surface area contributed by atoms with Gasteiger partial charge in [-0.15, -0.1) is 11.3 Å². The molecule has 0 radical (unpaired) electrons. The van der Waals surface area contributed by atoms with Crippen molar-refractivity contribution in [3.05, 3.63) is 58.3 Å². The van der Waals surface area contributed by atoms with E-state index in [1.165, 1.54) is 4.88 Å². The zero-order valence-corrected chi connectivity index (χ0v) is 13.1. The van der Waals surface area contributed by atoms with Gasteiger partial charge in [0.15, 0.2) is 0 Å². The lowest BCUT2D eigenvalue weighted by Crippen LogP contribution is -2.39. The Morgan fingerprint density at radius 1 is 1.27 bits per heavy atom. The molecule has 2 heterocycles. The number of carbonyl (C=O) groups excluding carboxylic acids is 1. The Labute approximate surface area is 135 Å². The Bertz CT molecular complexity index is 670. The number of nitrogens with one attached hydrogen (secondary N) is 1. The summed E-state index contributed by atoms with van der Waals surface area (Å²) < 4.78 is 0. The number of carbonyl (C=O) groups is 1. The third kappa shape index (κ3) is 3.49. The van der Waals surface area contributed by atoms with Gasteiger partial charge < -0.3 is 10.2 Å². The SMILES string of the molecule is O=C(NCC#Cc1ccccc1)N1CCC[C@@H]1c1cccs1. The molecule has 0 aliphatic carbocycles. The van der Waals surface area contributed by atoms with Gasteiger partial charge >= 0.3 is 6.03 Å². The molecule has 1 atom stereocenters. The van der Waals surface area contributed by atoms with Crippen LogP contribution in [0.15, 0.2) is 47.8 Å². The van der Waals surface area contributed by atoms with Gasteiger partial charge in [0.25, 0.3) is 0 Å². The molecular formula is C18H18N2OS. The van der Waals surface area contributed by atoms with Crippen LogP contribution in [0.4, 0.5) is 4.79 Å². The average molecular weight is 310 g/mol. The molecule has 3 nitrogen and oxygen atoms in total. The Balaban J connectivity index is 1.55. The third-order valence-corrected chi connectivity index (χ3v) is 4.69. The summed E-state index contributed by atoms with van der Waals surface area (Å²) in [5, 5.41) is 4.97. The second kappa shape index (κ2) is 7.15. The molecule has 22 heavy (non-hydrogen) atoms. The molecule has 1 aliphatic rings. The van der Waals surface area contributed by atoms with Crippen LogP contribution in [0, 0.1) is 11.8 Å². The van der Waals surface area contributed by atoms with Crippen LogP contribution in [0.1, 0.15) is 29.3 Å². The lowest BCUT2D eigenvalue weighted by molar-refractivity contribution is 0.195. The smallest absolute Gasteiger partial charge is 0.318 e. The highest BCUT2D eigenvalue weighted by atomic mass is 32.1. The highest BCUT2D eigenvalue weighted by Crippen LogP contribution is 2.34. The Hall–Kier alpha value is -2.25. The molecule has 2 aromatic rings. The molecule has 4 heteroatoms. The Morgan fingerprint density at radius 3 is 2.91 bits per heavy atom. The van der Waals surface area contributed by atoms with Crippen LogP contribution in [0.5, 0.6) is 0 Å². The summed E-state index contributed by atoms with van der Waals surface area (Å²) in [7, 11) is 0. The van der Waals surface area contributed by atoms with E-state index < -0.39 is 0 Å². The second-order valence-electron chi connectivity index (χ2n) is 5.19. The van der Waals surface area contributed by atoms with Crippen LogP contribution in [-0.4, -0.2) is 24.0 Å². The van der Waals surface area contributed by atoms with Gasteiger partial charge in [0.2, 0.25) is 0 Å². The van der Waals surface area contributed by atoms with Crippen molar-refractivity contribution in [3.8, 4) is 11.8 Å². The summed E-state index contributed by atoms with van der Waals surface area (Å²) in [5.41, 5.74) is 0.967. The van der Waals surface area contributed by atoms with Crippen molar-refractivity contribution >= 4 is 17.4 Å². The number of thiophene rings is 1. The predicted molar refractivity (Wildman–Crippen MR) is 89.7 cm³/mol. The molecule has 0 unspecified atom stereocenters. The molecule has 0 saturated carbocycles. The Kier molecular flexibility index (Phi) is 4.77. The molecule has 1 fully saturated rings. The van der Waals surface area contributed by atoms with E-state index in [2.05, 4.69) is 28.6 Å². The number of likely N-dealkylation sites (tertiary alicyclic amines) is 1. The van der Waals surface area contributed by atoms with Gasteiger partial charge in [-0.3, -0.25) is 0 Å². The maximum absolute atomic E-state index is 12.3. The monoisotopic (exact) mass is 310 g/mol. The van der Waals surface area contributed by atoms with Crippen molar-refractivity contribution in [3.63, 3.8) is 0 Å². The molecule has 1 aliphatic heterocycles. The second-order valence-corrected chi connectivity index (χ2v) is 6.17. The lowest BCUT2D eigenvalue weighted by Gasteiger charge is -2.23. The molecule has 3 rings (SSSR count). The van der Waals surface area contributed by atoms with E-state index in [0.29, 0.717) is 6.54 Å². The number of hydrogen-bond donors (Lipinski definition) is 1. The highest BCUT2D eigenvalue weighted by Gasteiger charge is 2.30. The fraction of sp³-hybridized carbons (Fsp3) is 0.278. The number of hydrogen-bond acceptors (Lipinski definition) is 2. The fourth-order valence-corrected chi connectivity index (χ4v) is 3.55. The van der Waals surface area contributed by atoms with Crippen molar-refractivity contribution in [1.82, 2.24) is 10.2 Å². The zero-order valence-electron chi connectivity index (χ0n) is 12.3. The molecule has 0 spiro atoms. The number of benzene rings is 1. The topological polar surface area (TPSA) is 32.3 Å². The van der Waals surface area contributed by atoms with Crippen molar-refractivity contribution in [1.29, 1.82) is 0 Å². The molecule has 2 amide bonds. The van der Waals surface area contributed by atoms with Crippen LogP contribution >= 0.6 is 11.3 Å². The molecule has 1 aromatic heterocycles. The predicted octanol–water partition coefficient (Wildman–Crippen LogP) is 3.65. The first-order valence-corrected chi connectivity index (χ1v) is 8.34. The molecular weight excluding hydrogens is 292 g/mol. The largest absolute Gasteiger partial charge is 0.327 e. The lowest BCUT2D eigenvalue weighted by atomic mass is 10.2. The fourth-order valence-electron chi connectivity index (χ4n) is 2.68. The first kappa shape index (κ1) is 14.7. The standard InChI is InChI=1S/C18H18N2OS/c21-18(19-12-4-9-15-7-2-1-3-8-15)20-13-5-10-16(20)17-11-6-14-22-17/h1-3,6-8,11,14,16H,5,10,12-13H2,(H,19,21)/t16-/m1/s1. The maximum Gasteiger partial charge on any atom is 0.318 e. The highest BCUT2D eigenvalue weighted by molar-refractivity contribution is 7.10. The van der Waals surface area contributed by atoms with E-state index in [9.17, 15) is 4.79 Å². The van der Waals surface area contributed by atoms with Crippen LogP contribution in [-0.2, 0) is 0 Å². The molecule has 112 valence electrons. The summed E-state index contributed by atoms with van der Waals surface area (Å²) >= 11 is 1.72. The number of amides is 2. The number of urea groups is 1. The average Bonchev–Trinajstić information content (AvgIpc) is 3.22.